The average Bonchev–Trinajstić information content (AvgIpc) is 2.48. The van der Waals surface area contributed by atoms with Crippen LogP contribution < -0.4 is 10.9 Å². The van der Waals surface area contributed by atoms with E-state index >= 15 is 0 Å². The van der Waals surface area contributed by atoms with Gasteiger partial charge in [-0.25, -0.2) is 4.98 Å². The highest BCUT2D eigenvalue weighted by Crippen LogP contribution is 2.20. The summed E-state index contributed by atoms with van der Waals surface area (Å²) < 4.78 is 1.10. The zero-order valence-corrected chi connectivity index (χ0v) is 11.2. The van der Waals surface area contributed by atoms with E-state index in [1.165, 1.54) is 18.5 Å². The molecule has 1 N–H and O–H groups in total. The van der Waals surface area contributed by atoms with Crippen LogP contribution in [0.3, 0.4) is 0 Å². The predicted octanol–water partition coefficient (Wildman–Crippen LogP) is 0.282. The molecule has 9 nitrogen and oxygen atoms in total. The van der Waals surface area contributed by atoms with Gasteiger partial charge in [0.15, 0.2) is 0 Å². The quantitative estimate of drug-likeness (QED) is 0.482. The fourth-order valence-electron chi connectivity index (χ4n) is 2.41. The standard InChI is InChI=1S/C13H10N4O5/c18-11-4-3-10(12(19)15-11)16-6-14-9-2-1-7(17(21)22)5-8(9)13(16)20/h1-2,5-6,10H,3-4H2,(H,15,18,19). The molecule has 1 unspecified atom stereocenters. The van der Waals surface area contributed by atoms with Crippen molar-refractivity contribution in [2.75, 3.05) is 0 Å². The SMILES string of the molecule is O=C1CCC(n2cnc3ccc([N+](=O)[O-])cc3c2=O)C(=O)N1. The Kier molecular flexibility index (Phi) is 3.17. The summed E-state index contributed by atoms with van der Waals surface area (Å²) in [5, 5.41) is 13.0. The zero-order chi connectivity index (χ0) is 15.9. The van der Waals surface area contributed by atoms with Crippen LogP contribution in [0.4, 0.5) is 5.69 Å². The van der Waals surface area contributed by atoms with Gasteiger partial charge in [0.05, 0.1) is 22.2 Å². The van der Waals surface area contributed by atoms with Crippen molar-refractivity contribution in [2.45, 2.75) is 18.9 Å². The van der Waals surface area contributed by atoms with Gasteiger partial charge in [0.1, 0.15) is 6.04 Å². The van der Waals surface area contributed by atoms with Crippen LogP contribution in [-0.4, -0.2) is 26.3 Å². The number of nitro groups is 1. The summed E-state index contributed by atoms with van der Waals surface area (Å²) in [5.74, 6) is -0.969. The van der Waals surface area contributed by atoms with Crippen molar-refractivity contribution in [1.82, 2.24) is 14.9 Å². The number of aromatic nitrogens is 2. The zero-order valence-electron chi connectivity index (χ0n) is 11.2. The number of nitrogens with zero attached hydrogens (tertiary/aromatic N) is 3. The van der Waals surface area contributed by atoms with Gasteiger partial charge in [-0.05, 0) is 12.5 Å². The number of nitro benzene ring substituents is 1. The molecule has 9 heteroatoms. The predicted molar refractivity (Wildman–Crippen MR) is 74.1 cm³/mol. The molecule has 2 aromatic rings. The molecule has 22 heavy (non-hydrogen) atoms. The van der Waals surface area contributed by atoms with Crippen molar-refractivity contribution in [3.05, 3.63) is 45.0 Å². The number of non-ortho nitro benzene ring substituents is 1. The van der Waals surface area contributed by atoms with Crippen LogP contribution in [0.2, 0.25) is 0 Å². The Morgan fingerprint density at radius 1 is 1.32 bits per heavy atom. The molecule has 2 amide bonds. The number of carbonyl (C=O) groups excluding carboxylic acids is 2. The average molecular weight is 302 g/mol. The number of carbonyl (C=O) groups is 2. The molecule has 1 aliphatic rings. The maximum absolute atomic E-state index is 12.5. The van der Waals surface area contributed by atoms with Crippen LogP contribution in [0, 0.1) is 10.1 Å². The highest BCUT2D eigenvalue weighted by atomic mass is 16.6. The minimum absolute atomic E-state index is 0.0569. The first-order chi connectivity index (χ1) is 10.5. The summed E-state index contributed by atoms with van der Waals surface area (Å²) in [6, 6.07) is 2.92. The number of hydrogen-bond acceptors (Lipinski definition) is 6. The van der Waals surface area contributed by atoms with Crippen LogP contribution >= 0.6 is 0 Å². The molecule has 1 saturated heterocycles. The first-order valence-corrected chi connectivity index (χ1v) is 6.46. The van der Waals surface area contributed by atoms with E-state index in [9.17, 15) is 24.5 Å². The molecule has 0 aliphatic carbocycles. The van der Waals surface area contributed by atoms with E-state index in [4.69, 9.17) is 0 Å². The molecular weight excluding hydrogens is 292 g/mol. The summed E-state index contributed by atoms with van der Waals surface area (Å²) in [5.41, 5.74) is -0.477. The van der Waals surface area contributed by atoms with Gasteiger partial charge >= 0.3 is 0 Å². The third-order valence-electron chi connectivity index (χ3n) is 3.52. The Labute approximate surface area is 122 Å². The topological polar surface area (TPSA) is 124 Å². The second-order valence-electron chi connectivity index (χ2n) is 4.88. The summed E-state index contributed by atoms with van der Waals surface area (Å²) in [4.78, 5) is 49.7. The molecule has 0 spiro atoms. The van der Waals surface area contributed by atoms with Crippen LogP contribution in [0.25, 0.3) is 10.9 Å². The first-order valence-electron chi connectivity index (χ1n) is 6.46. The van der Waals surface area contributed by atoms with Gasteiger partial charge in [-0.2, -0.15) is 0 Å². The maximum Gasteiger partial charge on any atom is 0.270 e. The largest absolute Gasteiger partial charge is 0.295 e. The maximum atomic E-state index is 12.5. The van der Waals surface area contributed by atoms with Crippen molar-refractivity contribution in [3.8, 4) is 0 Å². The summed E-state index contributed by atoms with van der Waals surface area (Å²) >= 11 is 0. The molecule has 2 heterocycles. The minimum atomic E-state index is -0.846. The lowest BCUT2D eigenvalue weighted by atomic mass is 10.1. The van der Waals surface area contributed by atoms with Crippen LogP contribution in [0.15, 0.2) is 29.3 Å². The summed E-state index contributed by atoms with van der Waals surface area (Å²) in [7, 11) is 0. The van der Waals surface area contributed by atoms with E-state index in [0.29, 0.717) is 5.52 Å². The van der Waals surface area contributed by atoms with E-state index in [1.54, 1.807) is 0 Å². The molecule has 1 fully saturated rings. The molecule has 1 aliphatic heterocycles. The highest BCUT2D eigenvalue weighted by Gasteiger charge is 2.29. The third kappa shape index (κ3) is 2.22. The highest BCUT2D eigenvalue weighted by molar-refractivity contribution is 5.99. The number of nitrogens with one attached hydrogen (secondary N) is 1. The summed E-state index contributed by atoms with van der Waals surface area (Å²) in [6.07, 6.45) is 1.53. The van der Waals surface area contributed by atoms with E-state index in [-0.39, 0.29) is 23.9 Å². The second kappa shape index (κ2) is 5.02. The lowest BCUT2D eigenvalue weighted by Crippen LogP contribution is -2.44. The fourth-order valence-corrected chi connectivity index (χ4v) is 2.41. The molecule has 112 valence electrons. The minimum Gasteiger partial charge on any atom is -0.295 e. The van der Waals surface area contributed by atoms with Gasteiger partial charge in [0.2, 0.25) is 11.8 Å². The molecular formula is C13H10N4O5. The molecule has 0 bridgehead atoms. The van der Waals surface area contributed by atoms with Gasteiger partial charge < -0.3 is 0 Å². The Balaban J connectivity index is 2.13. The molecule has 1 aromatic carbocycles. The van der Waals surface area contributed by atoms with Gasteiger partial charge in [-0.3, -0.25) is 34.4 Å². The van der Waals surface area contributed by atoms with Crippen molar-refractivity contribution >= 4 is 28.4 Å². The van der Waals surface area contributed by atoms with Crippen molar-refractivity contribution < 1.29 is 14.5 Å². The number of piperidine rings is 1. The summed E-state index contributed by atoms with van der Waals surface area (Å²) in [6.45, 7) is 0. The molecule has 3 rings (SSSR count). The van der Waals surface area contributed by atoms with Gasteiger partial charge in [-0.1, -0.05) is 0 Å². The number of hydrogen-bond donors (Lipinski definition) is 1. The molecule has 0 radical (unpaired) electrons. The number of fused-ring (bicyclic) bond motifs is 1. The van der Waals surface area contributed by atoms with Gasteiger partial charge in [0.25, 0.3) is 11.2 Å². The monoisotopic (exact) mass is 302 g/mol. The number of rotatable bonds is 2. The Morgan fingerprint density at radius 2 is 2.09 bits per heavy atom. The van der Waals surface area contributed by atoms with Crippen molar-refractivity contribution in [1.29, 1.82) is 0 Å². The number of imide groups is 1. The van der Waals surface area contributed by atoms with E-state index < -0.39 is 28.3 Å². The lowest BCUT2D eigenvalue weighted by molar-refractivity contribution is -0.384. The van der Waals surface area contributed by atoms with Crippen LogP contribution in [0.1, 0.15) is 18.9 Å². The second-order valence-corrected chi connectivity index (χ2v) is 4.88. The third-order valence-corrected chi connectivity index (χ3v) is 3.52. The lowest BCUT2D eigenvalue weighted by Gasteiger charge is -2.22. The number of benzene rings is 1. The Morgan fingerprint density at radius 3 is 2.77 bits per heavy atom. The van der Waals surface area contributed by atoms with Crippen LogP contribution in [-0.2, 0) is 9.59 Å². The first kappa shape index (κ1) is 13.9. The molecule has 1 atom stereocenters. The Hall–Kier alpha value is -3.10. The van der Waals surface area contributed by atoms with E-state index in [0.717, 1.165) is 10.6 Å². The van der Waals surface area contributed by atoms with E-state index in [1.807, 2.05) is 0 Å². The van der Waals surface area contributed by atoms with Gasteiger partial charge in [-0.15, -0.1) is 0 Å². The normalized spacial score (nSPS) is 18.3. The van der Waals surface area contributed by atoms with E-state index in [2.05, 4.69) is 10.3 Å². The molecule has 1 aromatic heterocycles. The Bertz CT molecular complexity index is 872. The van der Waals surface area contributed by atoms with Crippen molar-refractivity contribution in [3.63, 3.8) is 0 Å². The fraction of sp³-hybridized carbons (Fsp3) is 0.231. The molecule has 0 saturated carbocycles. The smallest absolute Gasteiger partial charge is 0.270 e. The van der Waals surface area contributed by atoms with Crippen molar-refractivity contribution in [2.24, 2.45) is 0 Å². The van der Waals surface area contributed by atoms with Crippen LogP contribution in [0.5, 0.6) is 0 Å². The number of amides is 2. The van der Waals surface area contributed by atoms with Gasteiger partial charge in [0, 0.05) is 18.6 Å².